The molecule has 62 heavy (non-hydrogen) atoms. The number of benzene rings is 7. The Balaban J connectivity index is 0.954. The molecule has 10 aromatic rings. The number of aromatic carboxylic acids is 1. The largest absolute Gasteiger partial charge is 0.494 e. The first-order valence-electron chi connectivity index (χ1n) is 20.5. The van der Waals surface area contributed by atoms with Crippen molar-refractivity contribution in [2.75, 3.05) is 6.61 Å². The third-order valence-corrected chi connectivity index (χ3v) is 11.0. The zero-order valence-corrected chi connectivity index (χ0v) is 33.9. The lowest BCUT2D eigenvalue weighted by atomic mass is 10.1. The van der Waals surface area contributed by atoms with Crippen molar-refractivity contribution in [2.24, 2.45) is 0 Å². The van der Waals surface area contributed by atoms with Gasteiger partial charge < -0.3 is 33.2 Å². The van der Waals surface area contributed by atoms with Crippen molar-refractivity contribution in [2.45, 2.75) is 26.7 Å². The Bertz CT molecular complexity index is 3020. The Morgan fingerprint density at radius 3 is 1.47 bits per heavy atom. The van der Waals surface area contributed by atoms with Crippen LogP contribution in [0.25, 0.3) is 55.0 Å². The number of pyridine rings is 1. The summed E-state index contributed by atoms with van der Waals surface area (Å²) in [6.45, 7) is 3.24. The van der Waals surface area contributed by atoms with E-state index in [4.69, 9.17) is 18.9 Å². The molecular weight excluding hydrogens is 775 g/mol. The average molecular weight is 816 g/mol. The molecule has 9 heteroatoms. The number of hydrogen-bond donors (Lipinski definition) is 1. The summed E-state index contributed by atoms with van der Waals surface area (Å²) in [5.74, 6) is 1.11. The van der Waals surface area contributed by atoms with E-state index in [9.17, 15) is 9.90 Å². The van der Waals surface area contributed by atoms with Crippen LogP contribution in [-0.2, 0) is 19.8 Å². The molecule has 0 saturated heterocycles. The van der Waals surface area contributed by atoms with Gasteiger partial charge in [-0.05, 0) is 102 Å². The highest BCUT2D eigenvalue weighted by Crippen LogP contribution is 2.36. The van der Waals surface area contributed by atoms with E-state index in [1.807, 2.05) is 49.4 Å². The number of rotatable bonds is 14. The second-order valence-electron chi connectivity index (χ2n) is 15.0. The first-order valence-corrected chi connectivity index (χ1v) is 20.5. The van der Waals surface area contributed by atoms with Crippen molar-refractivity contribution in [3.8, 4) is 34.4 Å². The first-order chi connectivity index (χ1) is 30.5. The van der Waals surface area contributed by atoms with Crippen LogP contribution in [0.4, 0.5) is 0 Å². The van der Waals surface area contributed by atoms with Crippen LogP contribution >= 0.6 is 0 Å². The predicted octanol–water partition coefficient (Wildman–Crippen LogP) is 12.1. The van der Waals surface area contributed by atoms with Gasteiger partial charge in [-0.1, -0.05) is 84.9 Å². The molecule has 0 bridgehead atoms. The van der Waals surface area contributed by atoms with Crippen LogP contribution in [0, 0.1) is 0 Å². The third-order valence-electron chi connectivity index (χ3n) is 11.0. The Morgan fingerprint density at radius 2 is 0.952 bits per heavy atom. The molecule has 3 aromatic heterocycles. The number of carboxylic acid groups (broad SMARTS) is 1. The van der Waals surface area contributed by atoms with Crippen LogP contribution < -0.4 is 18.9 Å². The number of carboxylic acids is 1. The summed E-state index contributed by atoms with van der Waals surface area (Å²) >= 11 is 0. The molecule has 0 fully saturated rings. The summed E-state index contributed by atoms with van der Waals surface area (Å²) in [5.41, 5.74) is 9.25. The molecule has 1 N–H and O–H groups in total. The molecule has 10 rings (SSSR count). The highest BCUT2D eigenvalue weighted by Gasteiger charge is 2.18. The van der Waals surface area contributed by atoms with Crippen LogP contribution in [-0.4, -0.2) is 31.8 Å². The van der Waals surface area contributed by atoms with Gasteiger partial charge >= 0.3 is 5.97 Å². The summed E-state index contributed by atoms with van der Waals surface area (Å²) in [6, 6.07) is 57.6. The van der Waals surface area contributed by atoms with E-state index in [-0.39, 0.29) is 24.7 Å². The van der Waals surface area contributed by atoms with E-state index in [0.29, 0.717) is 30.5 Å². The highest BCUT2D eigenvalue weighted by atomic mass is 16.5. The second kappa shape index (κ2) is 16.5. The van der Waals surface area contributed by atoms with E-state index in [1.54, 1.807) is 12.1 Å². The van der Waals surface area contributed by atoms with Crippen LogP contribution in [0.2, 0.25) is 0 Å². The molecule has 0 saturated carbocycles. The number of aromatic nitrogens is 3. The molecule has 0 spiro atoms. The van der Waals surface area contributed by atoms with Crippen molar-refractivity contribution in [3.63, 3.8) is 0 Å². The van der Waals surface area contributed by atoms with Gasteiger partial charge in [-0.3, -0.25) is 0 Å². The zero-order chi connectivity index (χ0) is 42.0. The van der Waals surface area contributed by atoms with Gasteiger partial charge in [0.2, 0.25) is 0 Å². The lowest BCUT2D eigenvalue weighted by Crippen LogP contribution is -2.05. The number of fused-ring (bicyclic) bond motifs is 6. The smallest absolute Gasteiger partial charge is 0.358 e. The summed E-state index contributed by atoms with van der Waals surface area (Å²) < 4.78 is 29.3. The standard InChI is InChI=1S/C53H41N3O6/c1-2-59-41-28-37(34-60-40-23-21-35(22-24-40)32-62-51-20-11-25-54-52(51)53(57)58)29-42(31-41)61-33-36-26-38(55-47-16-7-3-12-43(47)44-13-4-8-17-48(44)55)30-39(27-36)56-49-18-9-5-14-45(49)46-15-6-10-19-50(46)56/h3-31H,2,32-34H2,1H3,(H,57,58). The zero-order valence-electron chi connectivity index (χ0n) is 33.9. The van der Waals surface area contributed by atoms with E-state index in [1.165, 1.54) is 27.7 Å². The van der Waals surface area contributed by atoms with Crippen LogP contribution in [0.5, 0.6) is 23.0 Å². The molecule has 0 aliphatic carbocycles. The monoisotopic (exact) mass is 815 g/mol. The molecule has 304 valence electrons. The van der Waals surface area contributed by atoms with Gasteiger partial charge in [0.1, 0.15) is 37.1 Å². The maximum absolute atomic E-state index is 11.5. The molecule has 0 radical (unpaired) electrons. The summed E-state index contributed by atoms with van der Waals surface area (Å²) in [7, 11) is 0. The van der Waals surface area contributed by atoms with E-state index >= 15 is 0 Å². The quantitative estimate of drug-likeness (QED) is 0.117. The van der Waals surface area contributed by atoms with Crippen LogP contribution in [0.1, 0.15) is 34.1 Å². The van der Waals surface area contributed by atoms with Crippen LogP contribution in [0.3, 0.4) is 0 Å². The minimum absolute atomic E-state index is 0.123. The Morgan fingerprint density at radius 1 is 0.484 bits per heavy atom. The van der Waals surface area contributed by atoms with Gasteiger partial charge in [0.25, 0.3) is 0 Å². The van der Waals surface area contributed by atoms with Gasteiger partial charge in [-0.25, -0.2) is 9.78 Å². The molecule has 0 aliphatic heterocycles. The minimum atomic E-state index is -1.14. The maximum atomic E-state index is 11.5. The summed E-state index contributed by atoms with van der Waals surface area (Å²) in [5, 5.41) is 14.2. The normalized spacial score (nSPS) is 11.4. The lowest BCUT2D eigenvalue weighted by molar-refractivity contribution is 0.0684. The Labute approximate surface area is 357 Å². The minimum Gasteiger partial charge on any atom is -0.494 e. The number of hydrogen-bond acceptors (Lipinski definition) is 6. The summed E-state index contributed by atoms with van der Waals surface area (Å²) in [6.07, 6.45) is 1.43. The van der Waals surface area contributed by atoms with Gasteiger partial charge in [-0.2, -0.15) is 0 Å². The Hall–Kier alpha value is -8.04. The van der Waals surface area contributed by atoms with Crippen LogP contribution in [0.15, 0.2) is 176 Å². The number of ether oxygens (including phenoxy) is 4. The van der Waals surface area contributed by atoms with E-state index in [2.05, 4.69) is 129 Å². The average Bonchev–Trinajstić information content (AvgIpc) is 3.83. The third kappa shape index (κ3) is 7.41. The fourth-order valence-corrected chi connectivity index (χ4v) is 8.29. The van der Waals surface area contributed by atoms with Crippen molar-refractivity contribution in [1.29, 1.82) is 0 Å². The molecule has 3 heterocycles. The molecule has 9 nitrogen and oxygen atoms in total. The molecule has 0 amide bonds. The SMILES string of the molecule is CCOc1cc(COc2ccc(COc3cccnc3C(=O)O)cc2)cc(OCc2cc(-n3c4ccccc4c4ccccc43)cc(-n3c4ccccc4c4ccccc43)c2)c1. The van der Waals surface area contributed by atoms with Gasteiger partial charge in [-0.15, -0.1) is 0 Å². The fourth-order valence-electron chi connectivity index (χ4n) is 8.29. The van der Waals surface area contributed by atoms with E-state index < -0.39 is 5.97 Å². The molecule has 7 aromatic carbocycles. The highest BCUT2D eigenvalue weighted by molar-refractivity contribution is 6.10. The van der Waals surface area contributed by atoms with E-state index in [0.717, 1.165) is 50.1 Å². The predicted molar refractivity (Wildman–Crippen MR) is 243 cm³/mol. The van der Waals surface area contributed by atoms with Crippen molar-refractivity contribution in [1.82, 2.24) is 14.1 Å². The molecule has 0 aliphatic rings. The van der Waals surface area contributed by atoms with Gasteiger partial charge in [0.05, 0.1) is 28.7 Å². The van der Waals surface area contributed by atoms with Crippen molar-refractivity contribution < 1.29 is 28.8 Å². The summed E-state index contributed by atoms with van der Waals surface area (Å²) in [4.78, 5) is 15.4. The molecule has 0 unspecified atom stereocenters. The number of para-hydroxylation sites is 4. The van der Waals surface area contributed by atoms with Gasteiger partial charge in [0.15, 0.2) is 11.4 Å². The topological polar surface area (TPSA) is 97.0 Å². The lowest BCUT2D eigenvalue weighted by Gasteiger charge is -2.17. The Kier molecular flexibility index (Phi) is 10.2. The maximum Gasteiger partial charge on any atom is 0.358 e. The number of carbonyl (C=O) groups is 1. The van der Waals surface area contributed by atoms with Crippen molar-refractivity contribution in [3.05, 3.63) is 198 Å². The second-order valence-corrected chi connectivity index (χ2v) is 15.0. The first kappa shape index (κ1) is 38.2. The molecular formula is C53H41N3O6. The van der Waals surface area contributed by atoms with Crippen molar-refractivity contribution >= 4 is 49.6 Å². The fraction of sp³-hybridized carbons (Fsp3) is 0.0943. The number of nitrogens with zero attached hydrogens (tertiary/aromatic N) is 3. The van der Waals surface area contributed by atoms with Gasteiger partial charge in [0, 0.05) is 45.2 Å². The molecule has 0 atom stereocenters.